The summed E-state index contributed by atoms with van der Waals surface area (Å²) in [7, 11) is 0. The molecule has 1 saturated heterocycles. The van der Waals surface area contributed by atoms with E-state index in [1.807, 2.05) is 30.3 Å². The first-order chi connectivity index (χ1) is 11.6. The highest BCUT2D eigenvalue weighted by atomic mass is 16.5. The minimum absolute atomic E-state index is 0.0142. The molecule has 2 atom stereocenters. The van der Waals surface area contributed by atoms with Crippen LogP contribution in [0.2, 0.25) is 0 Å². The van der Waals surface area contributed by atoms with Crippen LogP contribution in [0.5, 0.6) is 0 Å². The molecule has 5 heteroatoms. The minimum atomic E-state index is -1.00. The van der Waals surface area contributed by atoms with Crippen LogP contribution in [-0.4, -0.2) is 29.6 Å². The molecule has 24 heavy (non-hydrogen) atoms. The number of carbonyl (C=O) groups is 2. The maximum atomic E-state index is 12.3. The molecule has 0 aromatic heterocycles. The van der Waals surface area contributed by atoms with Gasteiger partial charge in [-0.2, -0.15) is 0 Å². The molecular formula is C19H19NO4. The van der Waals surface area contributed by atoms with Crippen molar-refractivity contribution in [2.75, 3.05) is 6.61 Å². The molecule has 2 aromatic rings. The zero-order valence-corrected chi connectivity index (χ0v) is 13.1. The van der Waals surface area contributed by atoms with Crippen molar-refractivity contribution in [3.05, 3.63) is 71.3 Å². The van der Waals surface area contributed by atoms with Gasteiger partial charge in [-0.25, -0.2) is 4.79 Å². The van der Waals surface area contributed by atoms with Gasteiger partial charge in [-0.05, 0) is 42.7 Å². The fourth-order valence-corrected chi connectivity index (χ4v) is 2.86. The summed E-state index contributed by atoms with van der Waals surface area (Å²) in [6.45, 7) is 0.600. The van der Waals surface area contributed by atoms with Gasteiger partial charge in [0.05, 0.1) is 11.7 Å². The Hall–Kier alpha value is -2.66. The zero-order valence-electron chi connectivity index (χ0n) is 13.1. The largest absolute Gasteiger partial charge is 0.478 e. The van der Waals surface area contributed by atoms with Gasteiger partial charge in [-0.3, -0.25) is 4.79 Å². The van der Waals surface area contributed by atoms with Crippen LogP contribution in [0.1, 0.15) is 45.2 Å². The number of nitrogens with one attached hydrogen (secondary N) is 1. The molecule has 2 aromatic carbocycles. The van der Waals surface area contributed by atoms with Crippen molar-refractivity contribution in [1.29, 1.82) is 0 Å². The topological polar surface area (TPSA) is 75.6 Å². The molecule has 5 nitrogen and oxygen atoms in total. The van der Waals surface area contributed by atoms with Gasteiger partial charge >= 0.3 is 5.97 Å². The van der Waals surface area contributed by atoms with Crippen LogP contribution < -0.4 is 5.32 Å². The molecule has 1 fully saturated rings. The van der Waals surface area contributed by atoms with Crippen molar-refractivity contribution < 1.29 is 19.4 Å². The summed E-state index contributed by atoms with van der Waals surface area (Å²) < 4.78 is 5.81. The Morgan fingerprint density at radius 3 is 2.33 bits per heavy atom. The van der Waals surface area contributed by atoms with Crippen LogP contribution in [0, 0.1) is 0 Å². The zero-order chi connectivity index (χ0) is 16.9. The first-order valence-corrected chi connectivity index (χ1v) is 7.94. The number of carboxylic acids is 1. The third-order valence-corrected chi connectivity index (χ3v) is 4.18. The summed E-state index contributed by atoms with van der Waals surface area (Å²) in [6.07, 6.45) is 1.48. The number of hydrogen-bond acceptors (Lipinski definition) is 3. The fourth-order valence-electron chi connectivity index (χ4n) is 2.86. The molecule has 0 saturated carbocycles. The van der Waals surface area contributed by atoms with E-state index < -0.39 is 5.97 Å². The Bertz CT molecular complexity index is 712. The third kappa shape index (κ3) is 3.81. The lowest BCUT2D eigenvalue weighted by molar-refractivity contribution is 0.000899. The van der Waals surface area contributed by atoms with Gasteiger partial charge in [-0.15, -0.1) is 0 Å². The van der Waals surface area contributed by atoms with Crippen LogP contribution in [0.25, 0.3) is 0 Å². The fraction of sp³-hybridized carbons (Fsp3) is 0.263. The van der Waals surface area contributed by atoms with E-state index in [1.165, 1.54) is 24.3 Å². The smallest absolute Gasteiger partial charge is 0.335 e. The molecule has 0 aliphatic carbocycles. The molecule has 3 rings (SSSR count). The van der Waals surface area contributed by atoms with E-state index in [1.54, 1.807) is 0 Å². The van der Waals surface area contributed by atoms with E-state index in [-0.39, 0.29) is 23.6 Å². The highest BCUT2D eigenvalue weighted by Gasteiger charge is 2.25. The second kappa shape index (κ2) is 7.27. The maximum Gasteiger partial charge on any atom is 0.335 e. The molecule has 1 aliphatic heterocycles. The number of benzene rings is 2. The lowest BCUT2D eigenvalue weighted by Gasteiger charge is -2.30. The lowest BCUT2D eigenvalue weighted by atomic mass is 9.97. The molecule has 2 unspecified atom stereocenters. The van der Waals surface area contributed by atoms with Gasteiger partial charge in [-0.1, -0.05) is 30.3 Å². The summed E-state index contributed by atoms with van der Waals surface area (Å²) in [6, 6.07) is 16.0. The van der Waals surface area contributed by atoms with Crippen molar-refractivity contribution in [1.82, 2.24) is 5.32 Å². The van der Waals surface area contributed by atoms with E-state index in [0.717, 1.165) is 18.4 Å². The summed E-state index contributed by atoms with van der Waals surface area (Å²) in [5.41, 5.74) is 1.74. The standard InChI is InChI=1S/C19H19NO4/c21-18(14-6-8-15(9-7-14)19(22)23)20-16-10-11-24-17(12-16)13-4-2-1-3-5-13/h1-9,16-17H,10-12H2,(H,20,21)(H,22,23). The maximum absolute atomic E-state index is 12.3. The van der Waals surface area contributed by atoms with Crippen molar-refractivity contribution in [3.8, 4) is 0 Å². The summed E-state index contributed by atoms with van der Waals surface area (Å²) in [4.78, 5) is 23.2. The van der Waals surface area contributed by atoms with E-state index in [9.17, 15) is 9.59 Å². The van der Waals surface area contributed by atoms with E-state index in [2.05, 4.69) is 5.32 Å². The Morgan fingerprint density at radius 1 is 1.00 bits per heavy atom. The number of carbonyl (C=O) groups excluding carboxylic acids is 1. The van der Waals surface area contributed by atoms with Gasteiger partial charge in [0.25, 0.3) is 5.91 Å². The minimum Gasteiger partial charge on any atom is -0.478 e. The molecule has 1 amide bonds. The van der Waals surface area contributed by atoms with Crippen molar-refractivity contribution in [2.24, 2.45) is 0 Å². The second-order valence-corrected chi connectivity index (χ2v) is 5.85. The molecule has 1 aliphatic rings. The van der Waals surface area contributed by atoms with Gasteiger partial charge in [0, 0.05) is 18.2 Å². The second-order valence-electron chi connectivity index (χ2n) is 5.85. The molecule has 0 radical (unpaired) electrons. The van der Waals surface area contributed by atoms with E-state index in [0.29, 0.717) is 12.2 Å². The Morgan fingerprint density at radius 2 is 1.67 bits per heavy atom. The number of aromatic carboxylic acids is 1. The average Bonchev–Trinajstić information content (AvgIpc) is 2.63. The SMILES string of the molecule is O=C(O)c1ccc(C(=O)NC2CCOC(c3ccccc3)C2)cc1. The van der Waals surface area contributed by atoms with Crippen molar-refractivity contribution in [3.63, 3.8) is 0 Å². The lowest BCUT2D eigenvalue weighted by Crippen LogP contribution is -2.39. The molecule has 0 spiro atoms. The number of hydrogen-bond donors (Lipinski definition) is 2. The third-order valence-electron chi connectivity index (χ3n) is 4.18. The molecule has 1 heterocycles. The van der Waals surface area contributed by atoms with Gasteiger partial charge in [0.2, 0.25) is 0 Å². The number of ether oxygens (including phenoxy) is 1. The summed E-state index contributed by atoms with van der Waals surface area (Å²) >= 11 is 0. The van der Waals surface area contributed by atoms with Crippen LogP contribution in [0.15, 0.2) is 54.6 Å². The van der Waals surface area contributed by atoms with Crippen molar-refractivity contribution in [2.45, 2.75) is 25.0 Å². The number of amides is 1. The number of rotatable bonds is 4. The van der Waals surface area contributed by atoms with Crippen LogP contribution in [0.4, 0.5) is 0 Å². The Labute approximate surface area is 140 Å². The predicted octanol–water partition coefficient (Wildman–Crippen LogP) is 3.03. The normalized spacial score (nSPS) is 20.3. The Balaban J connectivity index is 1.62. The van der Waals surface area contributed by atoms with Gasteiger partial charge in [0.1, 0.15) is 0 Å². The first-order valence-electron chi connectivity index (χ1n) is 7.94. The molecule has 2 N–H and O–H groups in total. The quantitative estimate of drug-likeness (QED) is 0.906. The van der Waals surface area contributed by atoms with Gasteiger partial charge < -0.3 is 15.2 Å². The Kier molecular flexibility index (Phi) is 4.91. The number of carboxylic acid groups (broad SMARTS) is 1. The van der Waals surface area contributed by atoms with Crippen LogP contribution in [0.3, 0.4) is 0 Å². The van der Waals surface area contributed by atoms with Gasteiger partial charge in [0.15, 0.2) is 0 Å². The monoisotopic (exact) mass is 325 g/mol. The molecule has 0 bridgehead atoms. The van der Waals surface area contributed by atoms with Crippen LogP contribution in [-0.2, 0) is 4.74 Å². The summed E-state index contributed by atoms with van der Waals surface area (Å²) in [5.74, 6) is -1.19. The first kappa shape index (κ1) is 16.2. The van der Waals surface area contributed by atoms with E-state index in [4.69, 9.17) is 9.84 Å². The summed E-state index contributed by atoms with van der Waals surface area (Å²) in [5, 5.41) is 11.9. The average molecular weight is 325 g/mol. The molecular weight excluding hydrogens is 306 g/mol. The molecule has 124 valence electrons. The highest BCUT2D eigenvalue weighted by Crippen LogP contribution is 2.28. The van der Waals surface area contributed by atoms with Crippen LogP contribution >= 0.6 is 0 Å². The highest BCUT2D eigenvalue weighted by molar-refractivity contribution is 5.96. The van der Waals surface area contributed by atoms with E-state index >= 15 is 0 Å². The van der Waals surface area contributed by atoms with Crippen molar-refractivity contribution >= 4 is 11.9 Å². The predicted molar refractivity (Wildman–Crippen MR) is 89.0 cm³/mol.